The normalized spacial score (nSPS) is 12.9. The van der Waals surface area contributed by atoms with E-state index in [0.717, 1.165) is 17.0 Å². The van der Waals surface area contributed by atoms with Crippen molar-refractivity contribution in [3.05, 3.63) is 74.7 Å². The molecule has 3 heterocycles. The zero-order valence-electron chi connectivity index (χ0n) is 16.1. The van der Waals surface area contributed by atoms with Gasteiger partial charge >= 0.3 is 6.03 Å². The Morgan fingerprint density at radius 2 is 1.93 bits per heavy atom. The Balaban J connectivity index is 1.41. The number of aromatic nitrogens is 4. The summed E-state index contributed by atoms with van der Waals surface area (Å²) in [5.41, 5.74) is 4.96. The minimum Gasteiger partial charge on any atom is -0.314 e. The SMILES string of the molecule is Cc1cc(C)n(Cc2ccc(NC(=O)N3Cc4nc(C)[nH]c(=O)c4C3)cc2)n1. The summed E-state index contributed by atoms with van der Waals surface area (Å²) in [6.45, 7) is 7.02. The van der Waals surface area contributed by atoms with Crippen LogP contribution in [0.15, 0.2) is 35.1 Å². The van der Waals surface area contributed by atoms with Crippen LogP contribution in [0.2, 0.25) is 0 Å². The molecule has 8 heteroatoms. The van der Waals surface area contributed by atoms with Crippen LogP contribution in [-0.2, 0) is 19.6 Å². The molecule has 0 saturated heterocycles. The summed E-state index contributed by atoms with van der Waals surface area (Å²) in [4.78, 5) is 33.2. The van der Waals surface area contributed by atoms with Gasteiger partial charge in [-0.25, -0.2) is 9.78 Å². The minimum absolute atomic E-state index is 0.175. The number of urea groups is 1. The molecule has 3 aromatic rings. The van der Waals surface area contributed by atoms with Crippen molar-refractivity contribution in [3.8, 4) is 0 Å². The summed E-state index contributed by atoms with van der Waals surface area (Å²) in [5.74, 6) is 0.559. The number of H-pyrrole nitrogens is 1. The van der Waals surface area contributed by atoms with Crippen LogP contribution >= 0.6 is 0 Å². The van der Waals surface area contributed by atoms with Crippen molar-refractivity contribution < 1.29 is 4.79 Å². The van der Waals surface area contributed by atoms with Crippen LogP contribution in [0, 0.1) is 20.8 Å². The number of hydrogen-bond acceptors (Lipinski definition) is 4. The van der Waals surface area contributed by atoms with E-state index in [4.69, 9.17) is 0 Å². The Hall–Kier alpha value is -3.42. The summed E-state index contributed by atoms with van der Waals surface area (Å²) < 4.78 is 1.96. The summed E-state index contributed by atoms with van der Waals surface area (Å²) >= 11 is 0. The molecule has 0 radical (unpaired) electrons. The fourth-order valence-corrected chi connectivity index (χ4v) is 3.44. The number of carbonyl (C=O) groups is 1. The number of rotatable bonds is 3. The van der Waals surface area contributed by atoms with Gasteiger partial charge in [-0.1, -0.05) is 12.1 Å². The lowest BCUT2D eigenvalue weighted by Crippen LogP contribution is -2.30. The number of aromatic amines is 1. The lowest BCUT2D eigenvalue weighted by atomic mass is 10.2. The number of nitrogens with zero attached hydrogens (tertiary/aromatic N) is 4. The van der Waals surface area contributed by atoms with Crippen molar-refractivity contribution in [1.29, 1.82) is 0 Å². The second-order valence-electron chi connectivity index (χ2n) is 7.14. The highest BCUT2D eigenvalue weighted by Gasteiger charge is 2.27. The smallest absolute Gasteiger partial charge is 0.314 e. The fraction of sp³-hybridized carbons (Fsp3) is 0.300. The molecular formula is C20H22N6O2. The molecule has 1 aliphatic heterocycles. The van der Waals surface area contributed by atoms with Crippen molar-refractivity contribution in [2.45, 2.75) is 40.4 Å². The van der Waals surface area contributed by atoms with Gasteiger partial charge in [-0.3, -0.25) is 9.48 Å². The van der Waals surface area contributed by atoms with Gasteiger partial charge in [0.25, 0.3) is 5.56 Å². The van der Waals surface area contributed by atoms with E-state index in [-0.39, 0.29) is 18.1 Å². The molecule has 2 N–H and O–H groups in total. The summed E-state index contributed by atoms with van der Waals surface area (Å²) in [5, 5.41) is 7.35. The monoisotopic (exact) mass is 378 g/mol. The van der Waals surface area contributed by atoms with Crippen LogP contribution in [0.4, 0.5) is 10.5 Å². The molecule has 28 heavy (non-hydrogen) atoms. The van der Waals surface area contributed by atoms with Gasteiger partial charge in [0.2, 0.25) is 0 Å². The standard InChI is InChI=1S/C20H22N6O2/c1-12-8-13(2)26(24-12)9-15-4-6-16(7-5-15)23-20(28)25-10-17-18(11-25)21-14(3)22-19(17)27/h4-8H,9-11H2,1-3H3,(H,23,28)(H,21,22,27). The third kappa shape index (κ3) is 3.53. The Morgan fingerprint density at radius 3 is 2.61 bits per heavy atom. The first kappa shape index (κ1) is 18.0. The summed E-state index contributed by atoms with van der Waals surface area (Å²) in [6.07, 6.45) is 0. The Labute approximate surface area is 162 Å². The zero-order chi connectivity index (χ0) is 19.8. The van der Waals surface area contributed by atoms with Crippen LogP contribution < -0.4 is 10.9 Å². The van der Waals surface area contributed by atoms with E-state index in [1.807, 2.05) is 48.9 Å². The summed E-state index contributed by atoms with van der Waals surface area (Å²) in [7, 11) is 0. The molecule has 2 aromatic heterocycles. The molecule has 0 atom stereocenters. The van der Waals surface area contributed by atoms with Crippen molar-refractivity contribution in [2.75, 3.05) is 5.32 Å². The second-order valence-corrected chi connectivity index (χ2v) is 7.14. The third-order valence-electron chi connectivity index (χ3n) is 4.84. The number of hydrogen-bond donors (Lipinski definition) is 2. The van der Waals surface area contributed by atoms with Gasteiger partial charge < -0.3 is 15.2 Å². The van der Waals surface area contributed by atoms with Gasteiger partial charge in [0.15, 0.2) is 0 Å². The molecule has 0 fully saturated rings. The predicted molar refractivity (Wildman–Crippen MR) is 105 cm³/mol. The van der Waals surface area contributed by atoms with Crippen LogP contribution in [0.3, 0.4) is 0 Å². The number of carbonyl (C=O) groups excluding carboxylic acids is 1. The number of aryl methyl sites for hydroxylation is 3. The molecule has 144 valence electrons. The van der Waals surface area contributed by atoms with Crippen LogP contribution in [0.5, 0.6) is 0 Å². The lowest BCUT2D eigenvalue weighted by Gasteiger charge is -2.16. The van der Waals surface area contributed by atoms with Gasteiger partial charge in [-0.05, 0) is 44.5 Å². The molecule has 0 bridgehead atoms. The number of benzene rings is 1. The van der Waals surface area contributed by atoms with Crippen molar-refractivity contribution in [1.82, 2.24) is 24.6 Å². The van der Waals surface area contributed by atoms with Crippen LogP contribution in [0.1, 0.15) is 34.0 Å². The molecule has 1 aromatic carbocycles. The van der Waals surface area contributed by atoms with E-state index in [0.29, 0.717) is 35.9 Å². The zero-order valence-corrected chi connectivity index (χ0v) is 16.1. The van der Waals surface area contributed by atoms with Gasteiger partial charge in [0, 0.05) is 11.4 Å². The molecule has 0 spiro atoms. The highest BCUT2D eigenvalue weighted by molar-refractivity contribution is 5.89. The van der Waals surface area contributed by atoms with E-state index in [1.54, 1.807) is 11.8 Å². The molecule has 8 nitrogen and oxygen atoms in total. The Morgan fingerprint density at radius 1 is 1.18 bits per heavy atom. The maximum atomic E-state index is 12.6. The Kier molecular flexibility index (Phi) is 4.46. The highest BCUT2D eigenvalue weighted by atomic mass is 16.2. The molecule has 1 aliphatic rings. The first-order valence-corrected chi connectivity index (χ1v) is 9.13. The van der Waals surface area contributed by atoms with Crippen molar-refractivity contribution in [3.63, 3.8) is 0 Å². The van der Waals surface area contributed by atoms with E-state index >= 15 is 0 Å². The first-order valence-electron chi connectivity index (χ1n) is 9.13. The predicted octanol–water partition coefficient (Wildman–Crippen LogP) is 2.49. The maximum Gasteiger partial charge on any atom is 0.322 e. The van der Waals surface area contributed by atoms with Gasteiger partial charge in [-0.2, -0.15) is 5.10 Å². The lowest BCUT2D eigenvalue weighted by molar-refractivity contribution is 0.212. The van der Waals surface area contributed by atoms with Crippen LogP contribution in [0.25, 0.3) is 0 Å². The molecule has 0 aliphatic carbocycles. The van der Waals surface area contributed by atoms with Gasteiger partial charge in [-0.15, -0.1) is 0 Å². The van der Waals surface area contributed by atoms with E-state index < -0.39 is 0 Å². The fourth-order valence-electron chi connectivity index (χ4n) is 3.44. The molecule has 2 amide bonds. The van der Waals surface area contributed by atoms with Crippen molar-refractivity contribution in [2.24, 2.45) is 0 Å². The van der Waals surface area contributed by atoms with Gasteiger partial charge in [0.05, 0.1) is 36.6 Å². The Bertz CT molecular complexity index is 1100. The number of nitrogens with one attached hydrogen (secondary N) is 2. The van der Waals surface area contributed by atoms with Gasteiger partial charge in [0.1, 0.15) is 5.82 Å². The van der Waals surface area contributed by atoms with Crippen molar-refractivity contribution >= 4 is 11.7 Å². The number of amides is 2. The summed E-state index contributed by atoms with van der Waals surface area (Å²) in [6, 6.07) is 9.49. The van der Waals surface area contributed by atoms with E-state index in [9.17, 15) is 9.59 Å². The maximum absolute atomic E-state index is 12.6. The van der Waals surface area contributed by atoms with E-state index in [1.165, 1.54) is 0 Å². The quantitative estimate of drug-likeness (QED) is 0.732. The molecular weight excluding hydrogens is 356 g/mol. The van der Waals surface area contributed by atoms with E-state index in [2.05, 4.69) is 20.4 Å². The minimum atomic E-state index is -0.249. The third-order valence-corrected chi connectivity index (χ3v) is 4.84. The first-order chi connectivity index (χ1) is 13.4. The largest absolute Gasteiger partial charge is 0.322 e. The molecule has 0 unspecified atom stereocenters. The number of fused-ring (bicyclic) bond motifs is 1. The average molecular weight is 378 g/mol. The second kappa shape index (κ2) is 6.95. The number of anilines is 1. The van der Waals surface area contributed by atoms with Crippen LogP contribution in [-0.4, -0.2) is 30.7 Å². The molecule has 4 rings (SSSR count). The highest BCUT2D eigenvalue weighted by Crippen LogP contribution is 2.19. The topological polar surface area (TPSA) is 95.9 Å². The molecule has 0 saturated carbocycles. The average Bonchev–Trinajstić information content (AvgIpc) is 3.20.